The van der Waals surface area contributed by atoms with Gasteiger partial charge in [0.1, 0.15) is 0 Å². The molecule has 2 N–H and O–H groups in total. The Balaban J connectivity index is 3.02. The maximum absolute atomic E-state index is 5.44. The molecule has 3 nitrogen and oxygen atoms in total. The van der Waals surface area contributed by atoms with Crippen molar-refractivity contribution in [2.75, 3.05) is 14.2 Å². The minimum Gasteiger partial charge on any atom is -0.493 e. The molecule has 0 atom stereocenters. The monoisotopic (exact) mass is 166 g/mol. The molecule has 0 fully saturated rings. The number of rotatable bonds is 3. The van der Waals surface area contributed by atoms with Gasteiger partial charge in [-0.3, -0.25) is 0 Å². The van der Waals surface area contributed by atoms with Gasteiger partial charge in [-0.1, -0.05) is 0 Å². The van der Waals surface area contributed by atoms with Crippen LogP contribution in [0.5, 0.6) is 11.5 Å². The maximum Gasteiger partial charge on any atom is 0.161 e. The van der Waals surface area contributed by atoms with Crippen LogP contribution in [0.3, 0.4) is 0 Å². The maximum atomic E-state index is 5.44. The van der Waals surface area contributed by atoms with Crippen LogP contribution in [0.1, 0.15) is 5.56 Å². The molecule has 65 valence electrons. The second kappa shape index (κ2) is 3.97. The summed E-state index contributed by atoms with van der Waals surface area (Å²) in [6.07, 6.45) is 0. The van der Waals surface area contributed by atoms with E-state index in [1.165, 1.54) is 0 Å². The fourth-order valence-electron chi connectivity index (χ4n) is 0.937. The summed E-state index contributed by atoms with van der Waals surface area (Å²) in [5, 5.41) is 0. The van der Waals surface area contributed by atoms with Gasteiger partial charge in [0.2, 0.25) is 0 Å². The summed E-state index contributed by atoms with van der Waals surface area (Å²) in [7, 11) is 3.19. The lowest BCUT2D eigenvalue weighted by Gasteiger charge is -2.07. The van der Waals surface area contributed by atoms with E-state index in [9.17, 15) is 0 Å². The van der Waals surface area contributed by atoms with Crippen molar-refractivity contribution in [3.8, 4) is 11.5 Å². The highest BCUT2D eigenvalue weighted by Crippen LogP contribution is 2.26. The molecule has 0 aliphatic heterocycles. The van der Waals surface area contributed by atoms with Crippen molar-refractivity contribution in [3.05, 3.63) is 23.8 Å². The molecule has 0 heterocycles. The fraction of sp³-hybridized carbons (Fsp3) is 0.333. The van der Waals surface area contributed by atoms with Gasteiger partial charge in [0, 0.05) is 6.54 Å². The zero-order valence-corrected chi connectivity index (χ0v) is 7.26. The zero-order chi connectivity index (χ0) is 8.97. The lowest BCUT2D eigenvalue weighted by Crippen LogP contribution is -1.98. The summed E-state index contributed by atoms with van der Waals surface area (Å²) < 4.78 is 10.1. The average molecular weight is 166 g/mol. The molecule has 0 aliphatic carbocycles. The Bertz CT molecular complexity index is 261. The summed E-state index contributed by atoms with van der Waals surface area (Å²) in [6, 6.07) is 6.52. The second-order valence-corrected chi connectivity index (χ2v) is 2.30. The predicted molar refractivity (Wildman–Crippen MR) is 46.3 cm³/mol. The highest BCUT2D eigenvalue weighted by molar-refractivity contribution is 5.42. The first kappa shape index (κ1) is 8.87. The SMILES string of the molecule is COc1c[c]c(CN)cc1OC. The van der Waals surface area contributed by atoms with E-state index in [2.05, 4.69) is 6.07 Å². The van der Waals surface area contributed by atoms with E-state index in [0.717, 1.165) is 5.56 Å². The number of hydrogen-bond acceptors (Lipinski definition) is 3. The third-order valence-electron chi connectivity index (χ3n) is 1.60. The number of nitrogens with two attached hydrogens (primary N) is 1. The topological polar surface area (TPSA) is 44.5 Å². The molecule has 1 radical (unpaired) electrons. The molecule has 0 aromatic heterocycles. The third kappa shape index (κ3) is 1.68. The summed E-state index contributed by atoms with van der Waals surface area (Å²) in [6.45, 7) is 0.459. The Hall–Kier alpha value is -1.22. The van der Waals surface area contributed by atoms with Crippen LogP contribution in [0.4, 0.5) is 0 Å². The fourth-order valence-corrected chi connectivity index (χ4v) is 0.937. The number of benzene rings is 1. The van der Waals surface area contributed by atoms with Gasteiger partial charge in [-0.05, 0) is 23.8 Å². The molecule has 0 spiro atoms. The molecule has 12 heavy (non-hydrogen) atoms. The van der Waals surface area contributed by atoms with Crippen LogP contribution in [0.25, 0.3) is 0 Å². The second-order valence-electron chi connectivity index (χ2n) is 2.30. The van der Waals surface area contributed by atoms with Crippen molar-refractivity contribution >= 4 is 0 Å². The van der Waals surface area contributed by atoms with Crippen LogP contribution >= 0.6 is 0 Å². The number of hydrogen-bond donors (Lipinski definition) is 1. The third-order valence-corrected chi connectivity index (χ3v) is 1.60. The Morgan fingerprint density at radius 1 is 1.33 bits per heavy atom. The summed E-state index contributed by atoms with van der Waals surface area (Å²) in [5.41, 5.74) is 6.35. The lowest BCUT2D eigenvalue weighted by atomic mass is 10.2. The molecule has 1 rings (SSSR count). The Morgan fingerprint density at radius 3 is 2.50 bits per heavy atom. The van der Waals surface area contributed by atoms with Gasteiger partial charge < -0.3 is 15.2 Å². The highest BCUT2D eigenvalue weighted by Gasteiger charge is 2.02. The van der Waals surface area contributed by atoms with Crippen LogP contribution in [-0.2, 0) is 6.54 Å². The Kier molecular flexibility index (Phi) is 2.94. The zero-order valence-electron chi connectivity index (χ0n) is 7.26. The van der Waals surface area contributed by atoms with Crippen LogP contribution in [0.15, 0.2) is 12.1 Å². The first-order chi connectivity index (χ1) is 5.81. The first-order valence-corrected chi connectivity index (χ1v) is 3.64. The molecule has 0 bridgehead atoms. The standard InChI is InChI=1S/C9H12NO2/c1-11-8-4-3-7(6-10)5-9(8)12-2/h4-5H,6,10H2,1-2H3. The summed E-state index contributed by atoms with van der Waals surface area (Å²) in [4.78, 5) is 0. The van der Waals surface area contributed by atoms with Crippen molar-refractivity contribution in [2.24, 2.45) is 5.73 Å². The van der Waals surface area contributed by atoms with E-state index in [0.29, 0.717) is 18.0 Å². The minimum atomic E-state index is 0.459. The molecule has 0 saturated heterocycles. The molecule has 0 unspecified atom stereocenters. The number of methoxy groups -OCH3 is 2. The van der Waals surface area contributed by atoms with Crippen molar-refractivity contribution < 1.29 is 9.47 Å². The van der Waals surface area contributed by atoms with Gasteiger partial charge in [0.25, 0.3) is 0 Å². The molecular weight excluding hydrogens is 154 g/mol. The van der Waals surface area contributed by atoms with Crippen LogP contribution < -0.4 is 15.2 Å². The van der Waals surface area contributed by atoms with Gasteiger partial charge in [-0.25, -0.2) is 0 Å². The van der Waals surface area contributed by atoms with E-state index < -0.39 is 0 Å². The van der Waals surface area contributed by atoms with E-state index in [4.69, 9.17) is 15.2 Å². The average Bonchev–Trinajstić information content (AvgIpc) is 2.16. The quantitative estimate of drug-likeness (QED) is 0.727. The Labute approximate surface area is 72.1 Å². The van der Waals surface area contributed by atoms with Crippen molar-refractivity contribution in [2.45, 2.75) is 6.54 Å². The summed E-state index contributed by atoms with van der Waals surface area (Å²) >= 11 is 0. The molecule has 0 aliphatic rings. The van der Waals surface area contributed by atoms with Crippen molar-refractivity contribution in [1.29, 1.82) is 0 Å². The molecule has 0 amide bonds. The number of ether oxygens (including phenoxy) is 2. The Morgan fingerprint density at radius 2 is 2.00 bits per heavy atom. The molecular formula is C9H12NO2. The van der Waals surface area contributed by atoms with Gasteiger partial charge in [-0.15, -0.1) is 0 Å². The molecule has 1 aromatic carbocycles. The van der Waals surface area contributed by atoms with Crippen molar-refractivity contribution in [1.82, 2.24) is 0 Å². The first-order valence-electron chi connectivity index (χ1n) is 3.64. The highest BCUT2D eigenvalue weighted by atomic mass is 16.5. The minimum absolute atomic E-state index is 0.459. The molecule has 0 saturated carbocycles. The van der Waals surface area contributed by atoms with E-state index >= 15 is 0 Å². The van der Waals surface area contributed by atoms with Gasteiger partial charge in [0.15, 0.2) is 11.5 Å². The van der Waals surface area contributed by atoms with Crippen LogP contribution in [-0.4, -0.2) is 14.2 Å². The van der Waals surface area contributed by atoms with Gasteiger partial charge in [-0.2, -0.15) is 0 Å². The normalized spacial score (nSPS) is 9.58. The van der Waals surface area contributed by atoms with Crippen LogP contribution in [0, 0.1) is 6.07 Å². The lowest BCUT2D eigenvalue weighted by molar-refractivity contribution is 0.354. The van der Waals surface area contributed by atoms with Crippen LogP contribution in [0.2, 0.25) is 0 Å². The molecule has 1 aromatic rings. The smallest absolute Gasteiger partial charge is 0.161 e. The molecule has 3 heteroatoms. The van der Waals surface area contributed by atoms with Crippen molar-refractivity contribution in [3.63, 3.8) is 0 Å². The summed E-state index contributed by atoms with van der Waals surface area (Å²) in [5.74, 6) is 1.37. The van der Waals surface area contributed by atoms with Gasteiger partial charge >= 0.3 is 0 Å². The van der Waals surface area contributed by atoms with E-state index in [1.807, 2.05) is 6.07 Å². The van der Waals surface area contributed by atoms with E-state index in [-0.39, 0.29) is 0 Å². The van der Waals surface area contributed by atoms with Gasteiger partial charge in [0.05, 0.1) is 14.2 Å². The largest absolute Gasteiger partial charge is 0.493 e. The predicted octanol–water partition coefficient (Wildman–Crippen LogP) is 0.963. The van der Waals surface area contributed by atoms with E-state index in [1.54, 1.807) is 20.3 Å².